The molecule has 0 bridgehead atoms. The summed E-state index contributed by atoms with van der Waals surface area (Å²) < 4.78 is 17.0. The van der Waals surface area contributed by atoms with Crippen molar-refractivity contribution in [2.24, 2.45) is 0 Å². The van der Waals surface area contributed by atoms with Gasteiger partial charge in [-0.3, -0.25) is 14.4 Å². The highest BCUT2D eigenvalue weighted by atomic mass is 16.6. The highest BCUT2D eigenvalue weighted by Gasteiger charge is 2.19. The van der Waals surface area contributed by atoms with Crippen molar-refractivity contribution in [1.29, 1.82) is 0 Å². The predicted octanol–water partition coefficient (Wildman–Crippen LogP) is 23.3. The summed E-state index contributed by atoms with van der Waals surface area (Å²) in [5.74, 6) is -0.858. The summed E-state index contributed by atoms with van der Waals surface area (Å²) in [4.78, 5) is 38.4. The predicted molar refractivity (Wildman–Crippen MR) is 339 cm³/mol. The molecular formula is C72H128O6. The highest BCUT2D eigenvalue weighted by molar-refractivity contribution is 5.71. The van der Waals surface area contributed by atoms with Crippen LogP contribution in [0.5, 0.6) is 0 Å². The van der Waals surface area contributed by atoms with Crippen LogP contribution in [-0.2, 0) is 28.6 Å². The minimum atomic E-state index is -0.776. The van der Waals surface area contributed by atoms with Crippen LogP contribution in [0.4, 0.5) is 0 Å². The second-order valence-corrected chi connectivity index (χ2v) is 22.7. The Balaban J connectivity index is 4.24. The Morgan fingerprint density at radius 2 is 0.500 bits per heavy atom. The lowest BCUT2D eigenvalue weighted by Crippen LogP contribution is -2.30. The van der Waals surface area contributed by atoms with Gasteiger partial charge in [0.15, 0.2) is 6.10 Å². The molecule has 0 fully saturated rings. The summed E-state index contributed by atoms with van der Waals surface area (Å²) in [6.45, 7) is 6.57. The summed E-state index contributed by atoms with van der Waals surface area (Å²) in [6.07, 6.45) is 86.3. The topological polar surface area (TPSA) is 78.9 Å². The number of ether oxygens (including phenoxy) is 3. The fourth-order valence-electron chi connectivity index (χ4n) is 9.88. The smallest absolute Gasteiger partial charge is 0.306 e. The third-order valence-electron chi connectivity index (χ3n) is 14.9. The van der Waals surface area contributed by atoms with Gasteiger partial charge in [0.25, 0.3) is 0 Å². The van der Waals surface area contributed by atoms with Crippen molar-refractivity contribution in [1.82, 2.24) is 0 Å². The van der Waals surface area contributed by atoms with E-state index in [9.17, 15) is 14.4 Å². The second-order valence-electron chi connectivity index (χ2n) is 22.7. The van der Waals surface area contributed by atoms with E-state index in [0.29, 0.717) is 19.3 Å². The number of carbonyl (C=O) groups excluding carboxylic acids is 3. The van der Waals surface area contributed by atoms with Crippen LogP contribution < -0.4 is 0 Å². The molecule has 1 atom stereocenters. The second kappa shape index (κ2) is 66.4. The van der Waals surface area contributed by atoms with Crippen LogP contribution in [0.1, 0.15) is 348 Å². The van der Waals surface area contributed by atoms with Gasteiger partial charge < -0.3 is 14.2 Å². The summed E-state index contributed by atoms with van der Waals surface area (Å²) in [7, 11) is 0. The molecule has 78 heavy (non-hydrogen) atoms. The summed E-state index contributed by atoms with van der Waals surface area (Å²) >= 11 is 0. The van der Waals surface area contributed by atoms with Crippen molar-refractivity contribution in [2.75, 3.05) is 13.2 Å². The molecular weight excluding hydrogens is 961 g/mol. The molecule has 0 heterocycles. The quantitative estimate of drug-likeness (QED) is 0.0261. The number of esters is 3. The van der Waals surface area contributed by atoms with Gasteiger partial charge in [0.1, 0.15) is 13.2 Å². The average Bonchev–Trinajstić information content (AvgIpc) is 3.44. The summed E-state index contributed by atoms with van der Waals surface area (Å²) in [6, 6.07) is 0. The number of allylic oxidation sites excluding steroid dienone is 12. The van der Waals surface area contributed by atoms with E-state index in [2.05, 4.69) is 93.7 Å². The highest BCUT2D eigenvalue weighted by Crippen LogP contribution is 2.17. The van der Waals surface area contributed by atoms with Crippen LogP contribution in [0, 0.1) is 0 Å². The van der Waals surface area contributed by atoms with Gasteiger partial charge in [-0.1, -0.05) is 312 Å². The number of carbonyl (C=O) groups is 3. The SMILES string of the molecule is CC/C=C\C/C=C\C/C=C\C/C=C\C/C=C\CCCCCCCCCCCCCCCC(=O)OCC(COC(=O)CCCCCCCCCCCCCCCC)OC(=O)CCCCCCCCC/C=C\CCCCCCCC. The van der Waals surface area contributed by atoms with Crippen LogP contribution in [0.2, 0.25) is 0 Å². The van der Waals surface area contributed by atoms with Gasteiger partial charge >= 0.3 is 17.9 Å². The molecule has 0 saturated carbocycles. The molecule has 0 aromatic carbocycles. The maximum Gasteiger partial charge on any atom is 0.306 e. The van der Waals surface area contributed by atoms with Gasteiger partial charge in [0.2, 0.25) is 0 Å². The van der Waals surface area contributed by atoms with Gasteiger partial charge in [-0.05, 0) is 89.9 Å². The number of hydrogen-bond acceptors (Lipinski definition) is 6. The normalized spacial score (nSPS) is 12.5. The standard InChI is InChI=1S/C72H128O6/c1-4-7-10-13-16-19-22-25-28-30-31-32-33-34-35-36-37-38-39-40-41-43-44-47-50-53-56-59-62-65-71(74)77-68-69(67-76-70(73)64-61-58-55-52-49-46-27-24-21-18-15-12-9-6-3)78-72(75)66-63-60-57-54-51-48-45-42-29-26-23-20-17-14-11-8-5-2/h7,10,16,19,25-26,28-29,31-32,34-35,69H,4-6,8-9,11-15,17-18,20-24,27,30,33,36-68H2,1-3H3/b10-7-,19-16-,28-25-,29-26-,32-31-,35-34-. The molecule has 0 aromatic rings. The lowest BCUT2D eigenvalue weighted by atomic mass is 10.0. The Bertz CT molecular complexity index is 1440. The molecule has 0 rings (SSSR count). The molecule has 0 N–H and O–H groups in total. The van der Waals surface area contributed by atoms with Gasteiger partial charge in [0, 0.05) is 19.3 Å². The molecule has 6 heteroatoms. The maximum atomic E-state index is 12.9. The molecule has 0 radical (unpaired) electrons. The van der Waals surface area contributed by atoms with E-state index in [1.54, 1.807) is 0 Å². The van der Waals surface area contributed by atoms with E-state index >= 15 is 0 Å². The first-order chi connectivity index (χ1) is 38.5. The fraction of sp³-hybridized carbons (Fsp3) is 0.792. The van der Waals surface area contributed by atoms with Crippen LogP contribution in [0.3, 0.4) is 0 Å². The molecule has 0 aliphatic heterocycles. The van der Waals surface area contributed by atoms with E-state index < -0.39 is 6.10 Å². The van der Waals surface area contributed by atoms with Gasteiger partial charge in [-0.2, -0.15) is 0 Å². The van der Waals surface area contributed by atoms with Crippen LogP contribution in [0.15, 0.2) is 72.9 Å². The van der Waals surface area contributed by atoms with E-state index in [4.69, 9.17) is 14.2 Å². The van der Waals surface area contributed by atoms with Gasteiger partial charge in [0.05, 0.1) is 0 Å². The minimum absolute atomic E-state index is 0.0723. The van der Waals surface area contributed by atoms with Crippen molar-refractivity contribution in [2.45, 2.75) is 354 Å². The largest absolute Gasteiger partial charge is 0.462 e. The number of rotatable bonds is 62. The van der Waals surface area contributed by atoms with Gasteiger partial charge in [-0.15, -0.1) is 0 Å². The van der Waals surface area contributed by atoms with Gasteiger partial charge in [-0.25, -0.2) is 0 Å². The van der Waals surface area contributed by atoms with E-state index in [1.165, 1.54) is 218 Å². The Morgan fingerprint density at radius 1 is 0.269 bits per heavy atom. The molecule has 0 aliphatic rings. The molecule has 0 amide bonds. The Hall–Kier alpha value is -3.15. The molecule has 1 unspecified atom stereocenters. The van der Waals surface area contributed by atoms with E-state index in [0.717, 1.165) is 89.9 Å². The first-order valence-electron chi connectivity index (χ1n) is 33.9. The van der Waals surface area contributed by atoms with E-state index in [-0.39, 0.29) is 31.1 Å². The van der Waals surface area contributed by atoms with Crippen molar-refractivity contribution < 1.29 is 28.6 Å². The molecule has 452 valence electrons. The maximum absolute atomic E-state index is 12.9. The van der Waals surface area contributed by atoms with Crippen LogP contribution in [-0.4, -0.2) is 37.2 Å². The summed E-state index contributed by atoms with van der Waals surface area (Å²) in [5.41, 5.74) is 0. The molecule has 0 aromatic heterocycles. The molecule has 6 nitrogen and oxygen atoms in total. The minimum Gasteiger partial charge on any atom is -0.462 e. The summed E-state index contributed by atoms with van der Waals surface area (Å²) in [5, 5.41) is 0. The van der Waals surface area contributed by atoms with Crippen molar-refractivity contribution in [3.8, 4) is 0 Å². The monoisotopic (exact) mass is 1090 g/mol. The zero-order valence-corrected chi connectivity index (χ0v) is 51.9. The van der Waals surface area contributed by atoms with Crippen molar-refractivity contribution >= 4 is 17.9 Å². The molecule has 0 aliphatic carbocycles. The Kier molecular flexibility index (Phi) is 63.7. The third-order valence-corrected chi connectivity index (χ3v) is 14.9. The zero-order chi connectivity index (χ0) is 56.4. The zero-order valence-electron chi connectivity index (χ0n) is 51.9. The van der Waals surface area contributed by atoms with Crippen molar-refractivity contribution in [3.05, 3.63) is 72.9 Å². The molecule has 0 spiro atoms. The first-order valence-corrected chi connectivity index (χ1v) is 33.9. The Labute approximate surface area is 484 Å². The lowest BCUT2D eigenvalue weighted by Gasteiger charge is -2.18. The average molecular weight is 1090 g/mol. The number of hydrogen-bond donors (Lipinski definition) is 0. The first kappa shape index (κ1) is 74.8. The van der Waals surface area contributed by atoms with Crippen LogP contribution >= 0.6 is 0 Å². The fourth-order valence-corrected chi connectivity index (χ4v) is 9.88. The van der Waals surface area contributed by atoms with Crippen molar-refractivity contribution in [3.63, 3.8) is 0 Å². The molecule has 0 saturated heterocycles. The third kappa shape index (κ3) is 63.7. The van der Waals surface area contributed by atoms with E-state index in [1.807, 2.05) is 0 Å². The lowest BCUT2D eigenvalue weighted by molar-refractivity contribution is -0.167. The number of unbranched alkanes of at least 4 members (excludes halogenated alkanes) is 39. The van der Waals surface area contributed by atoms with Crippen LogP contribution in [0.25, 0.3) is 0 Å². The Morgan fingerprint density at radius 3 is 0.795 bits per heavy atom.